The Bertz CT molecular complexity index is 639. The highest BCUT2D eigenvalue weighted by molar-refractivity contribution is 5.81. The summed E-state index contributed by atoms with van der Waals surface area (Å²) in [6.07, 6.45) is 3.14. The molecule has 1 amide bonds. The molecule has 0 spiro atoms. The normalized spacial score (nSPS) is 10.6. The quantitative estimate of drug-likeness (QED) is 0.676. The van der Waals surface area contributed by atoms with Gasteiger partial charge in [-0.3, -0.25) is 9.78 Å². The van der Waals surface area contributed by atoms with Crippen molar-refractivity contribution in [2.75, 3.05) is 6.61 Å². The molecule has 0 aliphatic heterocycles. The van der Waals surface area contributed by atoms with Gasteiger partial charge in [-0.15, -0.1) is 0 Å². The van der Waals surface area contributed by atoms with Gasteiger partial charge in [0.05, 0.1) is 11.9 Å². The van der Waals surface area contributed by atoms with Gasteiger partial charge in [-0.25, -0.2) is 5.43 Å². The number of nitrogens with one attached hydrogen (secondary N) is 1. The summed E-state index contributed by atoms with van der Waals surface area (Å²) in [5.41, 5.74) is 5.23. The smallest absolute Gasteiger partial charge is 0.277 e. The zero-order chi connectivity index (χ0) is 15.1. The fourth-order valence-electron chi connectivity index (χ4n) is 1.68. The lowest BCUT2D eigenvalue weighted by molar-refractivity contribution is -0.123. The first-order valence-corrected chi connectivity index (χ1v) is 6.59. The molecular formula is C16H17N3O2. The van der Waals surface area contributed by atoms with E-state index in [1.165, 1.54) is 6.21 Å². The number of carbonyl (C=O) groups excluding carboxylic acids is 1. The molecule has 1 heterocycles. The summed E-state index contributed by atoms with van der Waals surface area (Å²) < 4.78 is 5.48. The fraction of sp³-hybridized carbons (Fsp3) is 0.188. The molecule has 0 radical (unpaired) electrons. The van der Waals surface area contributed by atoms with Crippen molar-refractivity contribution < 1.29 is 9.53 Å². The number of hydrogen-bond donors (Lipinski definition) is 1. The predicted molar refractivity (Wildman–Crippen MR) is 81.4 cm³/mol. The Hall–Kier alpha value is -2.69. The number of benzene rings is 1. The van der Waals surface area contributed by atoms with Crippen LogP contribution in [0.2, 0.25) is 0 Å². The van der Waals surface area contributed by atoms with Crippen LogP contribution in [0.5, 0.6) is 5.75 Å². The molecule has 0 saturated carbocycles. The maximum Gasteiger partial charge on any atom is 0.277 e. The summed E-state index contributed by atoms with van der Waals surface area (Å²) in [6.45, 7) is 3.88. The number of ether oxygens (including phenoxy) is 1. The highest BCUT2D eigenvalue weighted by Gasteiger charge is 2.05. The Morgan fingerprint density at radius 1 is 1.29 bits per heavy atom. The molecule has 1 N–H and O–H groups in total. The summed E-state index contributed by atoms with van der Waals surface area (Å²) in [4.78, 5) is 15.7. The summed E-state index contributed by atoms with van der Waals surface area (Å²) in [6, 6.07) is 11.2. The van der Waals surface area contributed by atoms with Crippen molar-refractivity contribution in [1.29, 1.82) is 0 Å². The van der Waals surface area contributed by atoms with E-state index in [9.17, 15) is 4.79 Å². The van der Waals surface area contributed by atoms with Gasteiger partial charge >= 0.3 is 0 Å². The van der Waals surface area contributed by atoms with Crippen LogP contribution in [0, 0.1) is 13.8 Å². The lowest BCUT2D eigenvalue weighted by Gasteiger charge is -2.09. The van der Waals surface area contributed by atoms with Gasteiger partial charge in [0.2, 0.25) is 0 Å². The van der Waals surface area contributed by atoms with E-state index in [1.54, 1.807) is 12.3 Å². The molecule has 5 heteroatoms. The molecule has 0 aliphatic rings. The van der Waals surface area contributed by atoms with E-state index in [2.05, 4.69) is 15.5 Å². The molecule has 0 saturated heterocycles. The van der Waals surface area contributed by atoms with Gasteiger partial charge in [-0.05, 0) is 43.2 Å². The lowest BCUT2D eigenvalue weighted by Crippen LogP contribution is -2.24. The van der Waals surface area contributed by atoms with E-state index in [-0.39, 0.29) is 12.5 Å². The third-order valence-corrected chi connectivity index (χ3v) is 2.99. The summed E-state index contributed by atoms with van der Waals surface area (Å²) in [5, 5.41) is 3.83. The van der Waals surface area contributed by atoms with Crippen molar-refractivity contribution in [3.8, 4) is 5.75 Å². The topological polar surface area (TPSA) is 63.6 Å². The zero-order valence-corrected chi connectivity index (χ0v) is 12.0. The number of hydrogen-bond acceptors (Lipinski definition) is 4. The van der Waals surface area contributed by atoms with Crippen molar-refractivity contribution >= 4 is 12.1 Å². The van der Waals surface area contributed by atoms with E-state index in [1.807, 2.05) is 44.2 Å². The number of aryl methyl sites for hydroxylation is 1. The molecule has 108 valence electrons. The monoisotopic (exact) mass is 283 g/mol. The Morgan fingerprint density at radius 3 is 2.90 bits per heavy atom. The molecule has 2 aromatic rings. The van der Waals surface area contributed by atoms with Crippen LogP contribution in [0.4, 0.5) is 0 Å². The second-order valence-electron chi connectivity index (χ2n) is 4.53. The van der Waals surface area contributed by atoms with Gasteiger partial charge in [0.15, 0.2) is 6.61 Å². The first kappa shape index (κ1) is 14.7. The number of amides is 1. The minimum absolute atomic E-state index is 0.0795. The van der Waals surface area contributed by atoms with Gasteiger partial charge in [0, 0.05) is 6.20 Å². The maximum absolute atomic E-state index is 11.6. The van der Waals surface area contributed by atoms with E-state index < -0.39 is 0 Å². The number of aromatic nitrogens is 1. The van der Waals surface area contributed by atoms with Gasteiger partial charge in [-0.1, -0.05) is 18.2 Å². The fourth-order valence-corrected chi connectivity index (χ4v) is 1.68. The largest absolute Gasteiger partial charge is 0.483 e. The summed E-state index contributed by atoms with van der Waals surface area (Å²) in [7, 11) is 0. The minimum atomic E-state index is -0.317. The molecular weight excluding hydrogens is 266 g/mol. The minimum Gasteiger partial charge on any atom is -0.483 e. The molecule has 21 heavy (non-hydrogen) atoms. The van der Waals surface area contributed by atoms with Gasteiger partial charge in [-0.2, -0.15) is 5.10 Å². The average molecular weight is 283 g/mol. The molecule has 0 bridgehead atoms. The van der Waals surface area contributed by atoms with E-state index in [0.29, 0.717) is 11.4 Å². The van der Waals surface area contributed by atoms with Crippen molar-refractivity contribution in [2.24, 2.45) is 5.10 Å². The Kier molecular flexibility index (Phi) is 5.04. The first-order chi connectivity index (χ1) is 10.2. The predicted octanol–water partition coefficient (Wildman–Crippen LogP) is 2.23. The van der Waals surface area contributed by atoms with Crippen molar-refractivity contribution in [2.45, 2.75) is 13.8 Å². The lowest BCUT2D eigenvalue weighted by atomic mass is 10.1. The summed E-state index contributed by atoms with van der Waals surface area (Å²) >= 11 is 0. The Labute approximate surface area is 123 Å². The first-order valence-electron chi connectivity index (χ1n) is 6.59. The highest BCUT2D eigenvalue weighted by atomic mass is 16.5. The average Bonchev–Trinajstić information content (AvgIpc) is 2.50. The van der Waals surface area contributed by atoms with Crippen molar-refractivity contribution in [3.05, 3.63) is 59.4 Å². The summed E-state index contributed by atoms with van der Waals surface area (Å²) in [5.74, 6) is 0.391. The van der Waals surface area contributed by atoms with E-state index >= 15 is 0 Å². The van der Waals surface area contributed by atoms with Gasteiger partial charge < -0.3 is 4.74 Å². The van der Waals surface area contributed by atoms with E-state index in [4.69, 9.17) is 4.74 Å². The van der Waals surface area contributed by atoms with Crippen LogP contribution in [0.1, 0.15) is 16.8 Å². The SMILES string of the molecule is Cc1cccc(OCC(=O)N/N=C\c2ccccn2)c1C. The van der Waals surface area contributed by atoms with Gasteiger partial charge in [0.1, 0.15) is 5.75 Å². The molecule has 1 aromatic carbocycles. The van der Waals surface area contributed by atoms with E-state index in [0.717, 1.165) is 11.1 Å². The number of nitrogens with zero attached hydrogens (tertiary/aromatic N) is 2. The van der Waals surface area contributed by atoms with Crippen LogP contribution in [0.25, 0.3) is 0 Å². The van der Waals surface area contributed by atoms with Crippen molar-refractivity contribution in [3.63, 3.8) is 0 Å². The van der Waals surface area contributed by atoms with Crippen LogP contribution >= 0.6 is 0 Å². The third kappa shape index (κ3) is 4.42. The van der Waals surface area contributed by atoms with Crippen LogP contribution < -0.4 is 10.2 Å². The molecule has 0 atom stereocenters. The standard InChI is InChI=1S/C16H17N3O2/c1-12-6-5-8-15(13(12)2)21-11-16(20)19-18-10-14-7-3-4-9-17-14/h3-10H,11H2,1-2H3,(H,19,20)/b18-10-. The molecule has 0 unspecified atom stereocenters. The van der Waals surface area contributed by atoms with Crippen molar-refractivity contribution in [1.82, 2.24) is 10.4 Å². The molecule has 0 fully saturated rings. The third-order valence-electron chi connectivity index (χ3n) is 2.99. The molecule has 1 aromatic heterocycles. The van der Waals surface area contributed by atoms with Gasteiger partial charge in [0.25, 0.3) is 5.91 Å². The van der Waals surface area contributed by atoms with Crippen LogP contribution in [-0.2, 0) is 4.79 Å². The number of pyridine rings is 1. The highest BCUT2D eigenvalue weighted by Crippen LogP contribution is 2.20. The molecule has 0 aliphatic carbocycles. The van der Waals surface area contributed by atoms with Crippen LogP contribution in [0.15, 0.2) is 47.7 Å². The number of hydrazone groups is 1. The van der Waals surface area contributed by atoms with Crippen LogP contribution in [-0.4, -0.2) is 23.7 Å². The second-order valence-corrected chi connectivity index (χ2v) is 4.53. The second kappa shape index (κ2) is 7.19. The number of rotatable bonds is 5. The van der Waals surface area contributed by atoms with Crippen LogP contribution in [0.3, 0.4) is 0 Å². The molecule has 2 rings (SSSR count). The Balaban J connectivity index is 1.83. The molecule has 5 nitrogen and oxygen atoms in total. The maximum atomic E-state index is 11.6. The zero-order valence-electron chi connectivity index (χ0n) is 12.0. The Morgan fingerprint density at radius 2 is 2.14 bits per heavy atom. The number of carbonyl (C=O) groups is 1.